The second-order valence-electron chi connectivity index (χ2n) is 2.06. The molecule has 6 heteroatoms. The fourth-order valence-electron chi connectivity index (χ4n) is 0.510. The monoisotopic (exact) mass is 222 g/mol. The van der Waals surface area contributed by atoms with E-state index in [9.17, 15) is 0 Å². The van der Waals surface area contributed by atoms with Gasteiger partial charge in [0.1, 0.15) is 0 Å². The zero-order valence-electron chi connectivity index (χ0n) is 9.69. The summed E-state index contributed by atoms with van der Waals surface area (Å²) in [5.74, 6) is -0.833. The molecule has 1 heterocycles. The predicted molar refractivity (Wildman–Crippen MR) is 57.8 cm³/mol. The molecule has 5 N–H and O–H groups in total. The van der Waals surface area contributed by atoms with Gasteiger partial charge in [-0.3, -0.25) is 4.79 Å². The molecule has 6 nitrogen and oxygen atoms in total. The fourth-order valence-corrected chi connectivity index (χ4v) is 0.510. The zero-order valence-corrected chi connectivity index (χ0v) is 9.69. The minimum absolute atomic E-state index is 0. The van der Waals surface area contributed by atoms with Crippen molar-refractivity contribution >= 4 is 5.97 Å². The van der Waals surface area contributed by atoms with Crippen LogP contribution >= 0.6 is 0 Å². The SMILES string of the molecule is C1CCOC1.CC#N.CC(=O)O.CO.N. The largest absolute Gasteiger partial charge is 0.481 e. The van der Waals surface area contributed by atoms with Crippen molar-refractivity contribution in [1.82, 2.24) is 6.15 Å². The quantitative estimate of drug-likeness (QED) is 0.565. The summed E-state index contributed by atoms with van der Waals surface area (Å²) in [5.41, 5.74) is 0. The smallest absolute Gasteiger partial charge is 0.300 e. The van der Waals surface area contributed by atoms with E-state index >= 15 is 0 Å². The normalized spacial score (nSPS) is 10.6. The van der Waals surface area contributed by atoms with Crippen LogP contribution in [-0.2, 0) is 9.53 Å². The third kappa shape index (κ3) is 102. The number of rotatable bonds is 0. The van der Waals surface area contributed by atoms with Gasteiger partial charge in [0, 0.05) is 34.2 Å². The highest BCUT2D eigenvalue weighted by atomic mass is 16.5. The molecule has 0 bridgehead atoms. The molecule has 92 valence electrons. The first kappa shape index (κ1) is 23.6. The van der Waals surface area contributed by atoms with Gasteiger partial charge in [-0.2, -0.15) is 5.26 Å². The lowest BCUT2D eigenvalue weighted by molar-refractivity contribution is -0.134. The number of nitrogens with zero attached hydrogens (tertiary/aromatic N) is 1. The first-order valence-corrected chi connectivity index (χ1v) is 4.18. The molecule has 0 spiro atoms. The van der Waals surface area contributed by atoms with Crippen molar-refractivity contribution in [2.75, 3.05) is 20.3 Å². The van der Waals surface area contributed by atoms with Gasteiger partial charge in [0.05, 0.1) is 6.07 Å². The number of ether oxygens (including phenoxy) is 1. The third-order valence-corrected chi connectivity index (χ3v) is 0.827. The highest BCUT2D eigenvalue weighted by molar-refractivity contribution is 5.62. The molecule has 15 heavy (non-hydrogen) atoms. The molecule has 1 rings (SSSR count). The molecule has 0 radical (unpaired) electrons. The van der Waals surface area contributed by atoms with Crippen LogP contribution in [0.1, 0.15) is 26.7 Å². The average molecular weight is 222 g/mol. The average Bonchev–Trinajstić information content (AvgIpc) is 2.64. The summed E-state index contributed by atoms with van der Waals surface area (Å²) in [4.78, 5) is 9.00. The lowest BCUT2D eigenvalue weighted by Gasteiger charge is -1.76. The summed E-state index contributed by atoms with van der Waals surface area (Å²) in [6.07, 6.45) is 2.56. The summed E-state index contributed by atoms with van der Waals surface area (Å²) >= 11 is 0. The molecule has 0 aromatic heterocycles. The fraction of sp³-hybridized carbons (Fsp3) is 0.778. The van der Waals surface area contributed by atoms with Crippen LogP contribution in [0.4, 0.5) is 0 Å². The maximum Gasteiger partial charge on any atom is 0.300 e. The Morgan fingerprint density at radius 3 is 1.60 bits per heavy atom. The number of aliphatic hydroxyl groups is 1. The minimum Gasteiger partial charge on any atom is -0.481 e. The molecule has 0 aromatic carbocycles. The molecule has 0 unspecified atom stereocenters. The number of aliphatic carboxylic acids is 1. The molecule has 1 aliphatic rings. The van der Waals surface area contributed by atoms with Crippen molar-refractivity contribution in [2.24, 2.45) is 0 Å². The van der Waals surface area contributed by atoms with Gasteiger partial charge in [0.15, 0.2) is 0 Å². The van der Waals surface area contributed by atoms with Crippen molar-refractivity contribution in [3.05, 3.63) is 0 Å². The van der Waals surface area contributed by atoms with E-state index in [0.717, 1.165) is 27.2 Å². The standard InChI is InChI=1S/C4H8O.C2H3N.C2H4O2.CH4O.H3N/c1-2-4-5-3-1;1-2-3;1-2(3)4;1-2;/h1-4H2;1H3;1H3,(H,3,4);2H,1H3;1H3. The van der Waals surface area contributed by atoms with Gasteiger partial charge in [-0.15, -0.1) is 0 Å². The molecule has 0 amide bonds. The van der Waals surface area contributed by atoms with Crippen LogP contribution in [0.3, 0.4) is 0 Å². The van der Waals surface area contributed by atoms with E-state index in [0.29, 0.717) is 0 Å². The molecule has 1 saturated heterocycles. The third-order valence-electron chi connectivity index (χ3n) is 0.827. The van der Waals surface area contributed by atoms with Gasteiger partial charge in [0.25, 0.3) is 5.97 Å². The van der Waals surface area contributed by atoms with Crippen molar-refractivity contribution < 1.29 is 19.7 Å². The number of carboxylic acids is 1. The second-order valence-corrected chi connectivity index (χ2v) is 2.06. The van der Waals surface area contributed by atoms with Crippen molar-refractivity contribution in [1.29, 1.82) is 5.26 Å². The summed E-state index contributed by atoms with van der Waals surface area (Å²) in [6.45, 7) is 4.51. The lowest BCUT2D eigenvalue weighted by atomic mass is 10.4. The number of hydrogen-bond acceptors (Lipinski definition) is 5. The summed E-state index contributed by atoms with van der Waals surface area (Å²) in [5, 5.41) is 21.7. The highest BCUT2D eigenvalue weighted by Crippen LogP contribution is 1.98. The number of hydrogen-bond donors (Lipinski definition) is 3. The number of carbonyl (C=O) groups is 1. The van der Waals surface area contributed by atoms with Crippen LogP contribution in [0.15, 0.2) is 0 Å². The summed E-state index contributed by atoms with van der Waals surface area (Å²) in [6, 6.07) is 1.75. The van der Waals surface area contributed by atoms with Gasteiger partial charge in [-0.1, -0.05) is 0 Å². The van der Waals surface area contributed by atoms with Gasteiger partial charge >= 0.3 is 0 Å². The topological polar surface area (TPSA) is 126 Å². The summed E-state index contributed by atoms with van der Waals surface area (Å²) < 4.78 is 4.94. The van der Waals surface area contributed by atoms with Crippen molar-refractivity contribution in [3.8, 4) is 6.07 Å². The lowest BCUT2D eigenvalue weighted by Crippen LogP contribution is -1.78. The Bertz CT molecular complexity index is 130. The van der Waals surface area contributed by atoms with E-state index in [1.165, 1.54) is 19.8 Å². The Kier molecular flexibility index (Phi) is 46.0. The van der Waals surface area contributed by atoms with E-state index in [1.54, 1.807) is 6.07 Å². The van der Waals surface area contributed by atoms with Crippen molar-refractivity contribution in [3.63, 3.8) is 0 Å². The van der Waals surface area contributed by atoms with Crippen LogP contribution in [0, 0.1) is 11.3 Å². The van der Waals surface area contributed by atoms with E-state index < -0.39 is 5.97 Å². The molecule has 1 fully saturated rings. The van der Waals surface area contributed by atoms with Gasteiger partial charge in [0.2, 0.25) is 0 Å². The van der Waals surface area contributed by atoms with Gasteiger partial charge in [-0.25, -0.2) is 0 Å². The Morgan fingerprint density at radius 2 is 1.53 bits per heavy atom. The predicted octanol–water partition coefficient (Wildman–Crippen LogP) is 1.19. The molecule has 1 aliphatic heterocycles. The van der Waals surface area contributed by atoms with Gasteiger partial charge < -0.3 is 21.1 Å². The number of carboxylic acid groups (broad SMARTS) is 1. The van der Waals surface area contributed by atoms with Gasteiger partial charge in [-0.05, 0) is 12.8 Å². The first-order valence-electron chi connectivity index (χ1n) is 4.18. The van der Waals surface area contributed by atoms with E-state index in [-0.39, 0.29) is 6.15 Å². The van der Waals surface area contributed by atoms with Crippen LogP contribution < -0.4 is 6.15 Å². The Hall–Kier alpha value is -1.16. The Labute approximate surface area is 91.1 Å². The molecule has 0 saturated carbocycles. The highest BCUT2D eigenvalue weighted by Gasteiger charge is 1.94. The van der Waals surface area contributed by atoms with E-state index in [1.807, 2.05) is 0 Å². The molecule has 0 aromatic rings. The Balaban J connectivity index is -0.0000000559. The molecule has 0 atom stereocenters. The Morgan fingerprint density at radius 1 is 1.33 bits per heavy atom. The number of aliphatic hydroxyl groups excluding tert-OH is 1. The maximum atomic E-state index is 9.00. The molecule has 0 aliphatic carbocycles. The molecular formula is C9H22N2O4. The van der Waals surface area contributed by atoms with Crippen molar-refractivity contribution in [2.45, 2.75) is 26.7 Å². The van der Waals surface area contributed by atoms with Crippen LogP contribution in [-0.4, -0.2) is 36.5 Å². The maximum absolute atomic E-state index is 9.00. The van der Waals surface area contributed by atoms with Crippen LogP contribution in [0.25, 0.3) is 0 Å². The minimum atomic E-state index is -0.833. The number of nitriles is 1. The van der Waals surface area contributed by atoms with E-state index in [2.05, 4.69) is 0 Å². The second kappa shape index (κ2) is 29.3. The first-order chi connectivity index (χ1) is 6.65. The molecular weight excluding hydrogens is 200 g/mol. The summed E-state index contributed by atoms with van der Waals surface area (Å²) in [7, 11) is 1.00. The van der Waals surface area contributed by atoms with E-state index in [4.69, 9.17) is 25.0 Å². The van der Waals surface area contributed by atoms with Crippen LogP contribution in [0.5, 0.6) is 0 Å². The van der Waals surface area contributed by atoms with Crippen LogP contribution in [0.2, 0.25) is 0 Å². The zero-order chi connectivity index (χ0) is 11.8.